The molecule has 1 aromatic rings. The van der Waals surface area contributed by atoms with Crippen LogP contribution in [0.25, 0.3) is 6.08 Å². The summed E-state index contributed by atoms with van der Waals surface area (Å²) in [5, 5.41) is 4.91. The summed E-state index contributed by atoms with van der Waals surface area (Å²) in [6, 6.07) is 5.40. The van der Waals surface area contributed by atoms with Gasteiger partial charge in [-0.2, -0.15) is 0 Å². The molecule has 0 fully saturated rings. The quantitative estimate of drug-likeness (QED) is 0.607. The van der Waals surface area contributed by atoms with E-state index >= 15 is 0 Å². The molecule has 1 aromatic carbocycles. The van der Waals surface area contributed by atoms with E-state index in [1.807, 2.05) is 6.07 Å². The largest absolute Gasteiger partial charge is 0.486 e. The number of ether oxygens (including phenoxy) is 2. The Morgan fingerprint density at radius 2 is 2.00 bits per heavy atom. The van der Waals surface area contributed by atoms with Crippen molar-refractivity contribution < 1.29 is 19.1 Å². The molecule has 6 nitrogen and oxygen atoms in total. The summed E-state index contributed by atoms with van der Waals surface area (Å²) >= 11 is 0. The van der Waals surface area contributed by atoms with Crippen LogP contribution >= 0.6 is 0 Å². The fourth-order valence-corrected chi connectivity index (χ4v) is 1.77. The molecule has 0 spiro atoms. The standard InChI is InChI=1S/C16H16N2O4/c1-2-7-17-16(20)11-18-15(19)6-4-12-3-5-13-14(10-12)22-9-8-21-13/h1,3-6,10H,7-9,11H2,(H,17,20)(H,18,19)/b6-4-. The Morgan fingerprint density at radius 3 is 2.77 bits per heavy atom. The Labute approximate surface area is 128 Å². The monoisotopic (exact) mass is 300 g/mol. The highest BCUT2D eigenvalue weighted by molar-refractivity contribution is 5.94. The van der Waals surface area contributed by atoms with Crippen LogP contribution in [0, 0.1) is 12.3 Å². The Bertz CT molecular complexity index is 632. The fraction of sp³-hybridized carbons (Fsp3) is 0.250. The van der Waals surface area contributed by atoms with Gasteiger partial charge in [-0.15, -0.1) is 6.42 Å². The molecule has 0 saturated heterocycles. The molecule has 0 saturated carbocycles. The van der Waals surface area contributed by atoms with Crippen molar-refractivity contribution in [2.45, 2.75) is 0 Å². The number of hydrogen-bond donors (Lipinski definition) is 2. The number of carbonyl (C=O) groups excluding carboxylic acids is 2. The van der Waals surface area contributed by atoms with Gasteiger partial charge in [-0.25, -0.2) is 0 Å². The fourth-order valence-electron chi connectivity index (χ4n) is 1.77. The van der Waals surface area contributed by atoms with Crippen molar-refractivity contribution in [1.29, 1.82) is 0 Å². The zero-order chi connectivity index (χ0) is 15.8. The van der Waals surface area contributed by atoms with Crippen molar-refractivity contribution in [1.82, 2.24) is 10.6 Å². The van der Waals surface area contributed by atoms with Gasteiger partial charge in [-0.05, 0) is 23.8 Å². The van der Waals surface area contributed by atoms with Crippen molar-refractivity contribution in [3.63, 3.8) is 0 Å². The number of terminal acetylenes is 1. The molecule has 0 radical (unpaired) electrons. The molecule has 22 heavy (non-hydrogen) atoms. The molecule has 1 aliphatic rings. The van der Waals surface area contributed by atoms with Crippen LogP contribution in [0.5, 0.6) is 11.5 Å². The van der Waals surface area contributed by atoms with Gasteiger partial charge >= 0.3 is 0 Å². The lowest BCUT2D eigenvalue weighted by molar-refractivity contribution is -0.123. The Kier molecular flexibility index (Phi) is 5.44. The van der Waals surface area contributed by atoms with Crippen LogP contribution in [0.4, 0.5) is 0 Å². The van der Waals surface area contributed by atoms with Gasteiger partial charge in [0, 0.05) is 6.08 Å². The second-order valence-corrected chi connectivity index (χ2v) is 4.44. The lowest BCUT2D eigenvalue weighted by atomic mass is 10.2. The number of rotatable bonds is 5. The van der Waals surface area contributed by atoms with E-state index in [-0.39, 0.29) is 24.9 Å². The smallest absolute Gasteiger partial charge is 0.244 e. The van der Waals surface area contributed by atoms with E-state index in [0.717, 1.165) is 5.56 Å². The van der Waals surface area contributed by atoms with Gasteiger partial charge in [0.2, 0.25) is 11.8 Å². The second-order valence-electron chi connectivity index (χ2n) is 4.44. The van der Waals surface area contributed by atoms with Crippen molar-refractivity contribution >= 4 is 17.9 Å². The number of hydrogen-bond acceptors (Lipinski definition) is 4. The molecule has 0 atom stereocenters. The third-order valence-corrected chi connectivity index (χ3v) is 2.80. The SMILES string of the molecule is C#CCNC(=O)CNC(=O)/C=C\c1ccc2c(c1)OCCO2. The highest BCUT2D eigenvalue weighted by Gasteiger charge is 2.10. The minimum atomic E-state index is -0.370. The predicted molar refractivity (Wildman–Crippen MR) is 81.3 cm³/mol. The van der Waals surface area contributed by atoms with Gasteiger partial charge in [0.05, 0.1) is 13.1 Å². The van der Waals surface area contributed by atoms with Gasteiger partial charge in [-0.3, -0.25) is 9.59 Å². The zero-order valence-corrected chi connectivity index (χ0v) is 11.9. The maximum absolute atomic E-state index is 11.6. The number of nitrogens with one attached hydrogen (secondary N) is 2. The molecule has 6 heteroatoms. The van der Waals surface area contributed by atoms with Crippen molar-refractivity contribution in [2.75, 3.05) is 26.3 Å². The van der Waals surface area contributed by atoms with Crippen LogP contribution in [0.1, 0.15) is 5.56 Å². The first-order valence-corrected chi connectivity index (χ1v) is 6.75. The molecule has 0 aromatic heterocycles. The molecular formula is C16H16N2O4. The molecular weight excluding hydrogens is 284 g/mol. The Hall–Kier alpha value is -2.94. The van der Waals surface area contributed by atoms with Gasteiger partial charge in [0.15, 0.2) is 11.5 Å². The van der Waals surface area contributed by atoms with Crippen molar-refractivity contribution in [3.8, 4) is 23.8 Å². The van der Waals surface area contributed by atoms with E-state index < -0.39 is 0 Å². The lowest BCUT2D eigenvalue weighted by Gasteiger charge is -2.18. The molecule has 1 heterocycles. The Morgan fingerprint density at radius 1 is 1.23 bits per heavy atom. The first-order chi connectivity index (χ1) is 10.7. The molecule has 2 rings (SSSR count). The summed E-state index contributed by atoms with van der Waals surface area (Å²) < 4.78 is 10.9. The molecule has 2 N–H and O–H groups in total. The summed E-state index contributed by atoms with van der Waals surface area (Å²) in [6.07, 6.45) is 7.99. The third-order valence-electron chi connectivity index (χ3n) is 2.80. The minimum absolute atomic E-state index is 0.119. The number of carbonyl (C=O) groups is 2. The highest BCUT2D eigenvalue weighted by atomic mass is 16.6. The van der Waals surface area contributed by atoms with Crippen LogP contribution in [-0.4, -0.2) is 38.1 Å². The summed E-state index contributed by atoms with van der Waals surface area (Å²) in [7, 11) is 0. The van der Waals surface area contributed by atoms with Gasteiger partial charge in [0.25, 0.3) is 0 Å². The van der Waals surface area contributed by atoms with Crippen LogP contribution in [-0.2, 0) is 9.59 Å². The van der Waals surface area contributed by atoms with E-state index in [4.69, 9.17) is 15.9 Å². The third kappa shape index (κ3) is 4.56. The lowest BCUT2D eigenvalue weighted by Crippen LogP contribution is -2.36. The van der Waals surface area contributed by atoms with E-state index in [1.54, 1.807) is 18.2 Å². The summed E-state index contributed by atoms with van der Waals surface area (Å²) in [5.74, 6) is 2.92. The Balaban J connectivity index is 1.85. The maximum atomic E-state index is 11.6. The van der Waals surface area contributed by atoms with Crippen LogP contribution in [0.2, 0.25) is 0 Å². The minimum Gasteiger partial charge on any atom is -0.486 e. The molecule has 1 aliphatic heterocycles. The highest BCUT2D eigenvalue weighted by Crippen LogP contribution is 2.30. The van der Waals surface area contributed by atoms with Gasteiger partial charge in [-0.1, -0.05) is 12.0 Å². The first kappa shape index (κ1) is 15.4. The molecule has 2 amide bonds. The molecule has 0 aliphatic carbocycles. The average Bonchev–Trinajstić information content (AvgIpc) is 2.56. The molecule has 114 valence electrons. The number of benzene rings is 1. The van der Waals surface area contributed by atoms with Crippen molar-refractivity contribution in [3.05, 3.63) is 29.8 Å². The van der Waals surface area contributed by atoms with Crippen LogP contribution < -0.4 is 20.1 Å². The zero-order valence-electron chi connectivity index (χ0n) is 11.9. The van der Waals surface area contributed by atoms with E-state index in [9.17, 15) is 9.59 Å². The summed E-state index contributed by atoms with van der Waals surface area (Å²) in [5.41, 5.74) is 0.802. The predicted octanol–water partition coefficient (Wildman–Crippen LogP) is 0.337. The van der Waals surface area contributed by atoms with Gasteiger partial charge in [0.1, 0.15) is 13.2 Å². The van der Waals surface area contributed by atoms with Crippen LogP contribution in [0.3, 0.4) is 0 Å². The summed E-state index contributed by atoms with van der Waals surface area (Å²) in [6.45, 7) is 1.06. The van der Waals surface area contributed by atoms with E-state index in [2.05, 4.69) is 16.6 Å². The normalized spacial score (nSPS) is 12.5. The van der Waals surface area contributed by atoms with Gasteiger partial charge < -0.3 is 20.1 Å². The second kappa shape index (κ2) is 7.74. The first-order valence-electron chi connectivity index (χ1n) is 6.75. The number of fused-ring (bicyclic) bond motifs is 1. The van der Waals surface area contributed by atoms with E-state index in [1.165, 1.54) is 6.08 Å². The molecule has 0 bridgehead atoms. The average molecular weight is 300 g/mol. The van der Waals surface area contributed by atoms with Crippen LogP contribution in [0.15, 0.2) is 24.3 Å². The number of amides is 2. The molecule has 0 unspecified atom stereocenters. The van der Waals surface area contributed by atoms with E-state index in [0.29, 0.717) is 24.7 Å². The van der Waals surface area contributed by atoms with Crippen molar-refractivity contribution in [2.24, 2.45) is 0 Å². The topological polar surface area (TPSA) is 76.7 Å². The summed E-state index contributed by atoms with van der Waals surface area (Å²) in [4.78, 5) is 22.9. The maximum Gasteiger partial charge on any atom is 0.244 e.